The first-order chi connectivity index (χ1) is 8.57. The summed E-state index contributed by atoms with van der Waals surface area (Å²) in [7, 11) is -3.20. The zero-order valence-electron chi connectivity index (χ0n) is 10.0. The van der Waals surface area contributed by atoms with Crippen LogP contribution in [0.2, 0.25) is 0 Å². The van der Waals surface area contributed by atoms with Crippen molar-refractivity contribution in [1.82, 2.24) is 10.0 Å². The van der Waals surface area contributed by atoms with Gasteiger partial charge in [-0.3, -0.25) is 0 Å². The minimum Gasteiger partial charge on any atom is -0.313 e. The van der Waals surface area contributed by atoms with Crippen molar-refractivity contribution in [3.05, 3.63) is 34.3 Å². The van der Waals surface area contributed by atoms with Crippen LogP contribution < -0.4 is 10.0 Å². The maximum absolute atomic E-state index is 11.8. The Hall–Kier alpha value is -0.430. The number of nitrogens with one attached hydrogen (secondary N) is 2. The first-order valence-electron chi connectivity index (χ1n) is 6.01. The highest BCUT2D eigenvalue weighted by Crippen LogP contribution is 2.18. The second-order valence-corrected chi connectivity index (χ2v) is 7.24. The Kier molecular flexibility index (Phi) is 4.77. The first kappa shape index (κ1) is 14.0. The topological polar surface area (TPSA) is 58.2 Å². The van der Waals surface area contributed by atoms with Gasteiger partial charge in [0.15, 0.2) is 0 Å². The van der Waals surface area contributed by atoms with Gasteiger partial charge in [-0.05, 0) is 24.5 Å². The van der Waals surface area contributed by atoms with Gasteiger partial charge in [0.2, 0.25) is 10.0 Å². The van der Waals surface area contributed by atoms with E-state index in [0.29, 0.717) is 19.1 Å². The molecule has 0 aliphatic heterocycles. The van der Waals surface area contributed by atoms with Crippen LogP contribution in [0.25, 0.3) is 0 Å². The van der Waals surface area contributed by atoms with Crippen LogP contribution in [0.15, 0.2) is 28.7 Å². The summed E-state index contributed by atoms with van der Waals surface area (Å²) in [5.41, 5.74) is 0.941. The van der Waals surface area contributed by atoms with E-state index in [1.165, 1.54) is 12.8 Å². The third-order valence-electron chi connectivity index (χ3n) is 2.82. The lowest BCUT2D eigenvalue weighted by atomic mass is 10.2. The third-order valence-corrected chi connectivity index (χ3v) is 4.92. The lowest BCUT2D eigenvalue weighted by Crippen LogP contribution is -2.32. The molecule has 4 nitrogen and oxygen atoms in total. The van der Waals surface area contributed by atoms with Gasteiger partial charge in [-0.15, -0.1) is 0 Å². The van der Waals surface area contributed by atoms with Gasteiger partial charge in [0.25, 0.3) is 0 Å². The molecular formula is C12H17BrN2O2S. The Morgan fingerprint density at radius 3 is 2.67 bits per heavy atom. The molecule has 1 aliphatic carbocycles. The van der Waals surface area contributed by atoms with E-state index in [1.807, 2.05) is 24.3 Å². The number of hydrogen-bond donors (Lipinski definition) is 2. The van der Waals surface area contributed by atoms with Gasteiger partial charge < -0.3 is 5.32 Å². The van der Waals surface area contributed by atoms with Crippen LogP contribution in [0.5, 0.6) is 0 Å². The molecule has 2 N–H and O–H groups in total. The third kappa shape index (κ3) is 4.68. The van der Waals surface area contributed by atoms with Crippen LogP contribution in [0, 0.1) is 0 Å². The van der Waals surface area contributed by atoms with Crippen molar-refractivity contribution in [3.63, 3.8) is 0 Å². The smallest absolute Gasteiger partial charge is 0.213 e. The highest BCUT2D eigenvalue weighted by molar-refractivity contribution is 9.10. The van der Waals surface area contributed by atoms with Crippen LogP contribution in [-0.2, 0) is 16.6 Å². The molecular weight excluding hydrogens is 316 g/mol. The zero-order valence-corrected chi connectivity index (χ0v) is 12.4. The minimum atomic E-state index is -3.20. The second-order valence-electron chi connectivity index (χ2n) is 4.46. The molecule has 1 fully saturated rings. The van der Waals surface area contributed by atoms with E-state index in [9.17, 15) is 8.42 Å². The standard InChI is InChI=1S/C12H17BrN2O2S/c13-12-4-2-1-3-10(12)9-15-18(16,17)8-7-14-11-5-6-11/h1-4,11,14-15H,5-9H2. The van der Waals surface area contributed by atoms with E-state index >= 15 is 0 Å². The van der Waals surface area contributed by atoms with E-state index < -0.39 is 10.0 Å². The molecule has 0 heterocycles. The predicted octanol–water partition coefficient (Wildman–Crippen LogP) is 1.62. The van der Waals surface area contributed by atoms with Crippen LogP contribution in [0.4, 0.5) is 0 Å². The van der Waals surface area contributed by atoms with Crippen LogP contribution in [0.1, 0.15) is 18.4 Å². The molecule has 1 aromatic carbocycles. The fraction of sp³-hybridized carbons (Fsp3) is 0.500. The van der Waals surface area contributed by atoms with E-state index in [4.69, 9.17) is 0 Å². The Labute approximate surface area is 116 Å². The van der Waals surface area contributed by atoms with Crippen LogP contribution in [0.3, 0.4) is 0 Å². The summed E-state index contributed by atoms with van der Waals surface area (Å²) in [5.74, 6) is 0.133. The van der Waals surface area contributed by atoms with Gasteiger partial charge in [-0.25, -0.2) is 13.1 Å². The molecule has 1 aliphatic rings. The summed E-state index contributed by atoms with van der Waals surface area (Å²) < 4.78 is 27.0. The molecule has 100 valence electrons. The zero-order chi connectivity index (χ0) is 13.0. The van der Waals surface area contributed by atoms with Crippen molar-refractivity contribution >= 4 is 26.0 Å². The van der Waals surface area contributed by atoms with Crippen molar-refractivity contribution in [2.24, 2.45) is 0 Å². The van der Waals surface area contributed by atoms with Gasteiger partial charge in [0.05, 0.1) is 5.75 Å². The number of hydrogen-bond acceptors (Lipinski definition) is 3. The maximum atomic E-state index is 11.8. The lowest BCUT2D eigenvalue weighted by molar-refractivity contribution is 0.576. The highest BCUT2D eigenvalue weighted by Gasteiger charge is 2.21. The van der Waals surface area contributed by atoms with Gasteiger partial charge >= 0.3 is 0 Å². The normalized spacial score (nSPS) is 15.8. The molecule has 1 aromatic rings. The highest BCUT2D eigenvalue weighted by atomic mass is 79.9. The Morgan fingerprint density at radius 1 is 1.28 bits per heavy atom. The predicted molar refractivity (Wildman–Crippen MR) is 75.8 cm³/mol. The molecule has 0 bridgehead atoms. The van der Waals surface area contributed by atoms with Crippen LogP contribution >= 0.6 is 15.9 Å². The van der Waals surface area contributed by atoms with Crippen molar-refractivity contribution in [2.75, 3.05) is 12.3 Å². The molecule has 1 saturated carbocycles. The van der Waals surface area contributed by atoms with E-state index in [1.54, 1.807) is 0 Å². The van der Waals surface area contributed by atoms with E-state index in [2.05, 4.69) is 26.0 Å². The molecule has 0 atom stereocenters. The summed E-state index contributed by atoms with van der Waals surface area (Å²) in [4.78, 5) is 0. The molecule has 2 rings (SSSR count). The average Bonchev–Trinajstić information content (AvgIpc) is 3.12. The SMILES string of the molecule is O=S(=O)(CCNC1CC1)NCc1ccccc1Br. The van der Waals surface area contributed by atoms with Crippen molar-refractivity contribution < 1.29 is 8.42 Å². The second kappa shape index (κ2) is 6.14. The van der Waals surface area contributed by atoms with E-state index in [-0.39, 0.29) is 5.75 Å². The first-order valence-corrected chi connectivity index (χ1v) is 8.45. The quantitative estimate of drug-likeness (QED) is 0.797. The summed E-state index contributed by atoms with van der Waals surface area (Å²) in [5, 5.41) is 3.19. The summed E-state index contributed by atoms with van der Waals surface area (Å²) >= 11 is 3.40. The number of benzene rings is 1. The van der Waals surface area contributed by atoms with Crippen molar-refractivity contribution in [1.29, 1.82) is 0 Å². The van der Waals surface area contributed by atoms with Gasteiger partial charge in [-0.1, -0.05) is 34.1 Å². The Balaban J connectivity index is 1.78. The molecule has 0 spiro atoms. The van der Waals surface area contributed by atoms with E-state index in [0.717, 1.165) is 10.0 Å². The van der Waals surface area contributed by atoms with Gasteiger partial charge in [0.1, 0.15) is 0 Å². The van der Waals surface area contributed by atoms with Crippen molar-refractivity contribution in [2.45, 2.75) is 25.4 Å². The summed E-state index contributed by atoms with van der Waals surface area (Å²) in [6.45, 7) is 0.850. The largest absolute Gasteiger partial charge is 0.313 e. The Bertz CT molecular complexity index is 501. The minimum absolute atomic E-state index is 0.133. The fourth-order valence-corrected chi connectivity index (χ4v) is 2.92. The summed E-state index contributed by atoms with van der Waals surface area (Å²) in [6.07, 6.45) is 2.34. The molecule has 0 amide bonds. The van der Waals surface area contributed by atoms with Crippen LogP contribution in [-0.4, -0.2) is 26.8 Å². The van der Waals surface area contributed by atoms with Gasteiger partial charge in [-0.2, -0.15) is 0 Å². The van der Waals surface area contributed by atoms with Gasteiger partial charge in [0, 0.05) is 23.6 Å². The number of rotatable bonds is 7. The maximum Gasteiger partial charge on any atom is 0.213 e. The average molecular weight is 333 g/mol. The number of halogens is 1. The molecule has 18 heavy (non-hydrogen) atoms. The van der Waals surface area contributed by atoms with Crippen molar-refractivity contribution in [3.8, 4) is 0 Å². The molecule has 6 heteroatoms. The molecule has 0 saturated heterocycles. The summed E-state index contributed by atoms with van der Waals surface area (Å²) in [6, 6.07) is 8.14. The molecule has 0 unspecified atom stereocenters. The molecule has 0 radical (unpaired) electrons. The lowest BCUT2D eigenvalue weighted by Gasteiger charge is -2.08. The molecule has 0 aromatic heterocycles. The number of sulfonamides is 1. The monoisotopic (exact) mass is 332 g/mol. The Morgan fingerprint density at radius 2 is 2.00 bits per heavy atom. The fourth-order valence-electron chi connectivity index (χ4n) is 1.59.